The maximum Gasteiger partial charge on any atom is 0.254 e. The summed E-state index contributed by atoms with van der Waals surface area (Å²) in [6.45, 7) is 0.205. The molecule has 1 N–H and O–H groups in total. The van der Waals surface area contributed by atoms with Crippen molar-refractivity contribution in [1.29, 1.82) is 0 Å². The largest absolute Gasteiger partial charge is 0.361 e. The lowest BCUT2D eigenvalue weighted by Gasteiger charge is -2.04. The summed E-state index contributed by atoms with van der Waals surface area (Å²) in [6.07, 6.45) is 2.24. The smallest absolute Gasteiger partial charge is 0.254 e. The van der Waals surface area contributed by atoms with Gasteiger partial charge in [0.1, 0.15) is 17.3 Å². The Labute approximate surface area is 119 Å². The zero-order valence-corrected chi connectivity index (χ0v) is 11.3. The number of hydrogen-bond acceptors (Lipinski definition) is 3. The number of halogens is 2. The quantitative estimate of drug-likeness (QED) is 0.941. The summed E-state index contributed by atoms with van der Waals surface area (Å²) < 4.78 is 18.7. The lowest BCUT2D eigenvalue weighted by molar-refractivity contribution is 0.0946. The number of rotatable bonds is 4. The molecular formula is C14H12ClFN2O2. The van der Waals surface area contributed by atoms with Gasteiger partial charge < -0.3 is 9.84 Å². The van der Waals surface area contributed by atoms with Crippen LogP contribution in [0.25, 0.3) is 0 Å². The van der Waals surface area contributed by atoms with Gasteiger partial charge in [0.15, 0.2) is 0 Å². The summed E-state index contributed by atoms with van der Waals surface area (Å²) >= 11 is 5.64. The number of benzene rings is 1. The van der Waals surface area contributed by atoms with Crippen molar-refractivity contribution in [3.8, 4) is 0 Å². The number of carbonyl (C=O) groups is 1. The first-order chi connectivity index (χ1) is 9.63. The van der Waals surface area contributed by atoms with Gasteiger partial charge in [-0.15, -0.1) is 0 Å². The average Bonchev–Trinajstić information content (AvgIpc) is 3.15. The van der Waals surface area contributed by atoms with Gasteiger partial charge in [0.2, 0.25) is 0 Å². The SMILES string of the molecule is O=C(NCc1cc(C2CC2)on1)c1ccc(Cl)cc1F. The van der Waals surface area contributed by atoms with E-state index >= 15 is 0 Å². The summed E-state index contributed by atoms with van der Waals surface area (Å²) in [4.78, 5) is 11.9. The van der Waals surface area contributed by atoms with Crippen LogP contribution in [0.2, 0.25) is 5.02 Å². The molecule has 1 heterocycles. The Morgan fingerprint density at radius 1 is 1.45 bits per heavy atom. The van der Waals surface area contributed by atoms with Gasteiger partial charge >= 0.3 is 0 Å². The van der Waals surface area contributed by atoms with Crippen LogP contribution in [0.1, 0.15) is 40.6 Å². The highest BCUT2D eigenvalue weighted by molar-refractivity contribution is 6.30. The molecule has 1 fully saturated rings. The molecule has 1 aromatic heterocycles. The fraction of sp³-hybridized carbons (Fsp3) is 0.286. The highest BCUT2D eigenvalue weighted by atomic mass is 35.5. The van der Waals surface area contributed by atoms with Gasteiger partial charge in [0.25, 0.3) is 5.91 Å². The molecule has 1 aromatic carbocycles. The normalized spacial score (nSPS) is 14.3. The molecule has 1 aliphatic carbocycles. The van der Waals surface area contributed by atoms with E-state index in [-0.39, 0.29) is 17.1 Å². The van der Waals surface area contributed by atoms with Crippen LogP contribution in [0, 0.1) is 5.82 Å². The van der Waals surface area contributed by atoms with E-state index in [9.17, 15) is 9.18 Å². The average molecular weight is 295 g/mol. The third kappa shape index (κ3) is 2.82. The number of amides is 1. The summed E-state index contributed by atoms with van der Waals surface area (Å²) in [5, 5.41) is 6.73. The first kappa shape index (κ1) is 13.1. The monoisotopic (exact) mass is 294 g/mol. The Morgan fingerprint density at radius 2 is 2.25 bits per heavy atom. The van der Waals surface area contributed by atoms with E-state index in [2.05, 4.69) is 10.5 Å². The van der Waals surface area contributed by atoms with Crippen LogP contribution in [0.5, 0.6) is 0 Å². The molecule has 3 rings (SSSR count). The molecule has 1 amide bonds. The Hall–Kier alpha value is -1.88. The third-order valence-corrected chi connectivity index (χ3v) is 3.40. The molecule has 104 valence electrons. The molecule has 4 nitrogen and oxygen atoms in total. The molecule has 6 heteroatoms. The van der Waals surface area contributed by atoms with Crippen molar-refractivity contribution < 1.29 is 13.7 Å². The van der Waals surface area contributed by atoms with Crippen molar-refractivity contribution in [3.63, 3.8) is 0 Å². The molecule has 2 aromatic rings. The molecule has 1 saturated carbocycles. The van der Waals surface area contributed by atoms with Gasteiger partial charge in [0, 0.05) is 17.0 Å². The molecule has 0 saturated heterocycles. The standard InChI is InChI=1S/C14H12ClFN2O2/c15-9-3-4-11(12(16)5-9)14(19)17-7-10-6-13(20-18-10)8-1-2-8/h3-6,8H,1-2,7H2,(H,17,19). The van der Waals surface area contributed by atoms with Crippen LogP contribution >= 0.6 is 11.6 Å². The van der Waals surface area contributed by atoms with Crippen molar-refractivity contribution >= 4 is 17.5 Å². The van der Waals surface area contributed by atoms with Crippen LogP contribution in [0.15, 0.2) is 28.8 Å². The van der Waals surface area contributed by atoms with Gasteiger partial charge in [-0.1, -0.05) is 16.8 Å². The van der Waals surface area contributed by atoms with Crippen molar-refractivity contribution in [3.05, 3.63) is 52.1 Å². The third-order valence-electron chi connectivity index (χ3n) is 3.16. The lowest BCUT2D eigenvalue weighted by atomic mass is 10.2. The molecule has 0 aliphatic heterocycles. The minimum atomic E-state index is -0.645. The van der Waals surface area contributed by atoms with E-state index in [4.69, 9.17) is 16.1 Å². The summed E-state index contributed by atoms with van der Waals surface area (Å²) in [5.41, 5.74) is 0.593. The Kier molecular flexibility index (Phi) is 3.44. The summed E-state index contributed by atoms with van der Waals surface area (Å²) in [7, 11) is 0. The second kappa shape index (κ2) is 5.25. The van der Waals surface area contributed by atoms with Gasteiger partial charge in [-0.2, -0.15) is 0 Å². The minimum absolute atomic E-state index is 0.0414. The topological polar surface area (TPSA) is 55.1 Å². The van der Waals surface area contributed by atoms with E-state index in [0.717, 1.165) is 24.7 Å². The second-order valence-electron chi connectivity index (χ2n) is 4.80. The van der Waals surface area contributed by atoms with Crippen LogP contribution in [-0.2, 0) is 6.54 Å². The molecule has 0 radical (unpaired) electrons. The summed E-state index contributed by atoms with van der Waals surface area (Å²) in [5.74, 6) is 0.177. The first-order valence-corrected chi connectivity index (χ1v) is 6.70. The molecule has 1 aliphatic rings. The van der Waals surface area contributed by atoms with Crippen molar-refractivity contribution in [2.45, 2.75) is 25.3 Å². The van der Waals surface area contributed by atoms with Crippen molar-refractivity contribution in [1.82, 2.24) is 10.5 Å². The van der Waals surface area contributed by atoms with Gasteiger partial charge in [-0.3, -0.25) is 4.79 Å². The second-order valence-corrected chi connectivity index (χ2v) is 5.24. The zero-order chi connectivity index (χ0) is 14.1. The van der Waals surface area contributed by atoms with Crippen LogP contribution in [-0.4, -0.2) is 11.1 Å². The molecule has 0 atom stereocenters. The van der Waals surface area contributed by atoms with Gasteiger partial charge in [-0.25, -0.2) is 4.39 Å². The molecule has 0 unspecified atom stereocenters. The van der Waals surface area contributed by atoms with Crippen LogP contribution < -0.4 is 5.32 Å². The van der Waals surface area contributed by atoms with E-state index in [1.54, 1.807) is 0 Å². The number of carbonyl (C=O) groups excluding carboxylic acids is 1. The maximum atomic E-state index is 13.6. The van der Waals surface area contributed by atoms with E-state index in [1.807, 2.05) is 6.07 Å². The van der Waals surface area contributed by atoms with Crippen molar-refractivity contribution in [2.75, 3.05) is 0 Å². The molecule has 20 heavy (non-hydrogen) atoms. The maximum absolute atomic E-state index is 13.6. The molecule has 0 bridgehead atoms. The minimum Gasteiger partial charge on any atom is -0.361 e. The zero-order valence-electron chi connectivity index (χ0n) is 10.5. The Morgan fingerprint density at radius 3 is 2.95 bits per heavy atom. The Bertz CT molecular complexity index is 652. The highest BCUT2D eigenvalue weighted by Crippen LogP contribution is 2.40. The molecule has 0 spiro atoms. The lowest BCUT2D eigenvalue weighted by Crippen LogP contribution is -2.23. The van der Waals surface area contributed by atoms with Gasteiger partial charge in [0.05, 0.1) is 12.1 Å². The first-order valence-electron chi connectivity index (χ1n) is 6.32. The number of hydrogen-bond donors (Lipinski definition) is 1. The molecular weight excluding hydrogens is 283 g/mol. The Balaban J connectivity index is 1.63. The van der Waals surface area contributed by atoms with E-state index in [0.29, 0.717) is 11.6 Å². The van der Waals surface area contributed by atoms with Crippen LogP contribution in [0.4, 0.5) is 4.39 Å². The highest BCUT2D eigenvalue weighted by Gasteiger charge is 2.27. The predicted octanol–water partition coefficient (Wildman–Crippen LogP) is 3.27. The van der Waals surface area contributed by atoms with Gasteiger partial charge in [-0.05, 0) is 31.0 Å². The fourth-order valence-electron chi connectivity index (χ4n) is 1.91. The van der Waals surface area contributed by atoms with Crippen LogP contribution in [0.3, 0.4) is 0 Å². The fourth-order valence-corrected chi connectivity index (χ4v) is 2.07. The van der Waals surface area contributed by atoms with E-state index in [1.165, 1.54) is 12.1 Å². The summed E-state index contributed by atoms with van der Waals surface area (Å²) in [6, 6.07) is 5.76. The number of nitrogens with zero attached hydrogens (tertiary/aromatic N) is 1. The number of nitrogens with one attached hydrogen (secondary N) is 1. The van der Waals surface area contributed by atoms with Crippen molar-refractivity contribution in [2.24, 2.45) is 0 Å². The van der Waals surface area contributed by atoms with E-state index < -0.39 is 11.7 Å². The predicted molar refractivity (Wildman–Crippen MR) is 71.1 cm³/mol. The number of aromatic nitrogens is 1.